The lowest BCUT2D eigenvalue weighted by atomic mass is 10.1. The third-order valence-electron chi connectivity index (χ3n) is 4.29. The highest BCUT2D eigenvalue weighted by atomic mass is 16.5. The van der Waals surface area contributed by atoms with Crippen LogP contribution in [-0.2, 0) is 11.3 Å². The van der Waals surface area contributed by atoms with E-state index in [1.807, 2.05) is 39.1 Å². The molecule has 0 radical (unpaired) electrons. The number of rotatable bonds is 4. The van der Waals surface area contributed by atoms with Crippen LogP contribution in [0.1, 0.15) is 34.9 Å². The minimum atomic E-state index is 0.123. The van der Waals surface area contributed by atoms with Gasteiger partial charge in [-0.2, -0.15) is 0 Å². The summed E-state index contributed by atoms with van der Waals surface area (Å²) >= 11 is 0. The molecule has 4 heteroatoms. The zero-order chi connectivity index (χ0) is 15.0. The third kappa shape index (κ3) is 2.71. The Morgan fingerprint density at radius 1 is 1.33 bits per heavy atom. The first-order valence-corrected chi connectivity index (χ1v) is 7.29. The number of aryl methyl sites for hydroxylation is 2. The molecule has 0 aliphatic heterocycles. The van der Waals surface area contributed by atoms with Gasteiger partial charge in [0, 0.05) is 18.5 Å². The molecule has 1 aliphatic rings. The van der Waals surface area contributed by atoms with E-state index < -0.39 is 0 Å². The molecule has 1 aliphatic carbocycles. The second-order valence-corrected chi connectivity index (χ2v) is 5.86. The van der Waals surface area contributed by atoms with E-state index in [-0.39, 0.29) is 11.8 Å². The average Bonchev–Trinajstić information content (AvgIpc) is 3.24. The highest BCUT2D eigenvalue weighted by molar-refractivity contribution is 5.82. The Hall–Kier alpha value is -2.10. The van der Waals surface area contributed by atoms with Crippen molar-refractivity contribution < 1.29 is 9.32 Å². The normalized spacial score (nSPS) is 20.3. The number of benzene rings is 1. The molecule has 1 aromatic heterocycles. The fourth-order valence-corrected chi connectivity index (χ4v) is 2.86. The Bertz CT molecular complexity index is 629. The maximum Gasteiger partial charge on any atom is 0.226 e. The lowest BCUT2D eigenvalue weighted by Crippen LogP contribution is -2.28. The minimum Gasteiger partial charge on any atom is -0.361 e. The summed E-state index contributed by atoms with van der Waals surface area (Å²) in [6, 6.07) is 10.3. The van der Waals surface area contributed by atoms with E-state index in [1.54, 1.807) is 4.90 Å². The van der Waals surface area contributed by atoms with Crippen LogP contribution in [0, 0.1) is 19.8 Å². The molecule has 2 aromatic rings. The highest BCUT2D eigenvalue weighted by Crippen LogP contribution is 2.48. The number of aromatic nitrogens is 1. The van der Waals surface area contributed by atoms with Crippen molar-refractivity contribution in [3.05, 3.63) is 52.9 Å². The highest BCUT2D eigenvalue weighted by Gasteiger charge is 2.45. The first-order valence-electron chi connectivity index (χ1n) is 7.29. The van der Waals surface area contributed by atoms with Gasteiger partial charge in [-0.1, -0.05) is 35.5 Å². The summed E-state index contributed by atoms with van der Waals surface area (Å²) in [6.07, 6.45) is 0.953. The van der Waals surface area contributed by atoms with E-state index in [9.17, 15) is 4.79 Å². The third-order valence-corrected chi connectivity index (χ3v) is 4.29. The summed E-state index contributed by atoms with van der Waals surface area (Å²) < 4.78 is 5.15. The van der Waals surface area contributed by atoms with Gasteiger partial charge in [0.25, 0.3) is 0 Å². The molecule has 110 valence electrons. The van der Waals surface area contributed by atoms with Crippen LogP contribution in [0.4, 0.5) is 0 Å². The van der Waals surface area contributed by atoms with E-state index in [4.69, 9.17) is 4.52 Å². The van der Waals surface area contributed by atoms with Crippen LogP contribution in [0.15, 0.2) is 34.9 Å². The molecule has 0 saturated heterocycles. The standard InChI is InChI=1S/C17H20N2O2/c1-11-16(12(2)21-18-11)10-19(3)17(20)15-9-14(15)13-7-5-4-6-8-13/h4-8,14-15H,9-10H2,1-3H3/t14-,15+/m1/s1. The molecule has 0 spiro atoms. The maximum atomic E-state index is 12.5. The van der Waals surface area contributed by atoms with Gasteiger partial charge in [-0.05, 0) is 31.7 Å². The zero-order valence-electron chi connectivity index (χ0n) is 12.7. The van der Waals surface area contributed by atoms with Crippen LogP contribution in [0.5, 0.6) is 0 Å². The van der Waals surface area contributed by atoms with Gasteiger partial charge in [-0.25, -0.2) is 0 Å². The van der Waals surface area contributed by atoms with E-state index in [2.05, 4.69) is 17.3 Å². The Morgan fingerprint density at radius 2 is 2.05 bits per heavy atom. The molecular weight excluding hydrogens is 264 g/mol. The fourth-order valence-electron chi connectivity index (χ4n) is 2.86. The Morgan fingerprint density at radius 3 is 2.67 bits per heavy atom. The molecule has 1 aromatic carbocycles. The van der Waals surface area contributed by atoms with Crippen molar-refractivity contribution in [2.45, 2.75) is 32.7 Å². The van der Waals surface area contributed by atoms with E-state index >= 15 is 0 Å². The summed E-state index contributed by atoms with van der Waals surface area (Å²) in [4.78, 5) is 14.3. The van der Waals surface area contributed by atoms with Crippen molar-refractivity contribution in [1.82, 2.24) is 10.1 Å². The van der Waals surface area contributed by atoms with Crippen LogP contribution >= 0.6 is 0 Å². The molecule has 2 atom stereocenters. The number of hydrogen-bond acceptors (Lipinski definition) is 3. The molecule has 1 amide bonds. The quantitative estimate of drug-likeness (QED) is 0.867. The Kier molecular flexibility index (Phi) is 3.53. The van der Waals surface area contributed by atoms with Crippen LogP contribution in [0.25, 0.3) is 0 Å². The first-order chi connectivity index (χ1) is 10.1. The fraction of sp³-hybridized carbons (Fsp3) is 0.412. The van der Waals surface area contributed by atoms with Gasteiger partial charge in [0.05, 0.1) is 12.2 Å². The van der Waals surface area contributed by atoms with Crippen LogP contribution in [0.3, 0.4) is 0 Å². The van der Waals surface area contributed by atoms with E-state index in [0.29, 0.717) is 12.5 Å². The molecule has 1 heterocycles. The molecule has 0 bridgehead atoms. The molecule has 3 rings (SSSR count). The van der Waals surface area contributed by atoms with Gasteiger partial charge in [-0.15, -0.1) is 0 Å². The van der Waals surface area contributed by atoms with Gasteiger partial charge in [-0.3, -0.25) is 4.79 Å². The van der Waals surface area contributed by atoms with Gasteiger partial charge in [0.1, 0.15) is 5.76 Å². The van der Waals surface area contributed by atoms with Crippen molar-refractivity contribution in [1.29, 1.82) is 0 Å². The predicted octanol–water partition coefficient (Wildman–Crippen LogP) is 3.05. The lowest BCUT2D eigenvalue weighted by Gasteiger charge is -2.17. The van der Waals surface area contributed by atoms with E-state index in [1.165, 1.54) is 5.56 Å². The van der Waals surface area contributed by atoms with Gasteiger partial charge in [0.15, 0.2) is 0 Å². The van der Waals surface area contributed by atoms with Crippen LogP contribution in [0.2, 0.25) is 0 Å². The van der Waals surface area contributed by atoms with Crippen molar-refractivity contribution in [2.75, 3.05) is 7.05 Å². The monoisotopic (exact) mass is 284 g/mol. The number of amides is 1. The summed E-state index contributed by atoms with van der Waals surface area (Å²) in [5, 5.41) is 3.94. The molecule has 4 nitrogen and oxygen atoms in total. The lowest BCUT2D eigenvalue weighted by molar-refractivity contribution is -0.131. The number of hydrogen-bond donors (Lipinski definition) is 0. The zero-order valence-corrected chi connectivity index (χ0v) is 12.7. The average molecular weight is 284 g/mol. The summed E-state index contributed by atoms with van der Waals surface area (Å²) in [5.74, 6) is 1.51. The molecule has 0 unspecified atom stereocenters. The first kappa shape index (κ1) is 13.9. The molecule has 0 N–H and O–H groups in total. The number of carbonyl (C=O) groups is 1. The number of nitrogens with zero attached hydrogens (tertiary/aromatic N) is 2. The maximum absolute atomic E-state index is 12.5. The molecular formula is C17H20N2O2. The topological polar surface area (TPSA) is 46.3 Å². The second-order valence-electron chi connectivity index (χ2n) is 5.86. The van der Waals surface area contributed by atoms with Crippen LogP contribution in [-0.4, -0.2) is 23.0 Å². The Labute approximate surface area is 124 Å². The van der Waals surface area contributed by atoms with Gasteiger partial charge >= 0.3 is 0 Å². The van der Waals surface area contributed by atoms with Crippen molar-refractivity contribution in [3.63, 3.8) is 0 Å². The second kappa shape index (κ2) is 5.35. The summed E-state index contributed by atoms with van der Waals surface area (Å²) in [6.45, 7) is 4.36. The van der Waals surface area contributed by atoms with E-state index in [0.717, 1.165) is 23.4 Å². The van der Waals surface area contributed by atoms with Gasteiger partial charge < -0.3 is 9.42 Å². The molecule has 1 fully saturated rings. The smallest absolute Gasteiger partial charge is 0.226 e. The largest absolute Gasteiger partial charge is 0.361 e. The SMILES string of the molecule is Cc1noc(C)c1CN(C)C(=O)[C@H]1C[C@@H]1c1ccccc1. The van der Waals surface area contributed by atoms with Crippen molar-refractivity contribution in [3.8, 4) is 0 Å². The van der Waals surface area contributed by atoms with Crippen molar-refractivity contribution >= 4 is 5.91 Å². The summed E-state index contributed by atoms with van der Waals surface area (Å²) in [5.41, 5.74) is 3.15. The molecule has 1 saturated carbocycles. The van der Waals surface area contributed by atoms with Crippen LogP contribution < -0.4 is 0 Å². The Balaban J connectivity index is 1.64. The van der Waals surface area contributed by atoms with Crippen molar-refractivity contribution in [2.24, 2.45) is 5.92 Å². The molecule has 21 heavy (non-hydrogen) atoms. The van der Waals surface area contributed by atoms with Gasteiger partial charge in [0.2, 0.25) is 5.91 Å². The summed E-state index contributed by atoms with van der Waals surface area (Å²) in [7, 11) is 1.86. The number of carbonyl (C=O) groups excluding carboxylic acids is 1. The predicted molar refractivity (Wildman–Crippen MR) is 79.7 cm³/mol. The minimum absolute atomic E-state index is 0.123.